The van der Waals surface area contributed by atoms with Gasteiger partial charge in [0.1, 0.15) is 11.5 Å². The number of hydrogen-bond acceptors (Lipinski definition) is 3. The number of pyridine rings is 1. The number of carbonyl (C=O) groups is 1. The van der Waals surface area contributed by atoms with Crippen LogP contribution in [0.4, 0.5) is 0 Å². The van der Waals surface area contributed by atoms with Crippen LogP contribution < -0.4 is 5.43 Å². The normalized spacial score (nSPS) is 21.1. The van der Waals surface area contributed by atoms with Gasteiger partial charge in [0.05, 0.1) is 12.3 Å². The number of likely N-dealkylation sites (tertiary alicyclic amines) is 1. The van der Waals surface area contributed by atoms with Gasteiger partial charge in [-0.05, 0) is 37.1 Å². The van der Waals surface area contributed by atoms with Crippen LogP contribution in [0, 0.1) is 5.41 Å². The summed E-state index contributed by atoms with van der Waals surface area (Å²) >= 11 is 0. The first-order chi connectivity index (χ1) is 12.2. The van der Waals surface area contributed by atoms with Crippen molar-refractivity contribution in [1.29, 1.82) is 0 Å². The molecule has 1 aliphatic heterocycles. The summed E-state index contributed by atoms with van der Waals surface area (Å²) in [7, 11) is 0. The molecular weight excluding hydrogens is 316 g/mol. The number of amides is 1. The molecule has 0 radical (unpaired) electrons. The van der Waals surface area contributed by atoms with E-state index in [1.165, 1.54) is 12.5 Å². The van der Waals surface area contributed by atoms with Crippen molar-refractivity contribution in [2.45, 2.75) is 25.3 Å². The third kappa shape index (κ3) is 2.02. The molecule has 1 unspecified atom stereocenters. The predicted molar refractivity (Wildman–Crippen MR) is 93.3 cm³/mol. The summed E-state index contributed by atoms with van der Waals surface area (Å²) in [6.45, 7) is 0.728. The number of hydrogen-bond donors (Lipinski definition) is 1. The van der Waals surface area contributed by atoms with Crippen molar-refractivity contribution in [3.05, 3.63) is 70.4 Å². The average molecular weight is 334 g/mol. The molecule has 5 heteroatoms. The summed E-state index contributed by atoms with van der Waals surface area (Å²) < 4.78 is 5.61. The molecule has 126 valence electrons. The zero-order chi connectivity index (χ0) is 17.0. The fourth-order valence-corrected chi connectivity index (χ4v) is 4.36. The van der Waals surface area contributed by atoms with Crippen LogP contribution >= 0.6 is 0 Å². The van der Waals surface area contributed by atoms with E-state index in [-0.39, 0.29) is 22.8 Å². The van der Waals surface area contributed by atoms with Crippen LogP contribution in [0.3, 0.4) is 0 Å². The Bertz CT molecular complexity index is 1010. The Hall–Kier alpha value is -2.82. The van der Waals surface area contributed by atoms with Crippen LogP contribution in [0.1, 0.15) is 41.6 Å². The summed E-state index contributed by atoms with van der Waals surface area (Å²) in [5.74, 6) is 0.698. The van der Waals surface area contributed by atoms with Crippen LogP contribution in [-0.4, -0.2) is 22.3 Å². The van der Waals surface area contributed by atoms with Crippen molar-refractivity contribution in [2.75, 3.05) is 6.54 Å². The molecule has 1 saturated heterocycles. The first-order valence-electron chi connectivity index (χ1n) is 8.64. The first-order valence-corrected chi connectivity index (χ1v) is 8.64. The van der Waals surface area contributed by atoms with Crippen molar-refractivity contribution in [1.82, 2.24) is 9.88 Å². The largest absolute Gasteiger partial charge is 0.467 e. The molecule has 2 fully saturated rings. The van der Waals surface area contributed by atoms with Gasteiger partial charge in [0.2, 0.25) is 0 Å². The fraction of sp³-hybridized carbons (Fsp3) is 0.300. The van der Waals surface area contributed by atoms with Gasteiger partial charge in [0.25, 0.3) is 5.91 Å². The third-order valence-corrected chi connectivity index (χ3v) is 5.77. The van der Waals surface area contributed by atoms with E-state index in [0.29, 0.717) is 16.6 Å². The van der Waals surface area contributed by atoms with E-state index >= 15 is 0 Å². The lowest BCUT2D eigenvalue weighted by atomic mass is 9.57. The van der Waals surface area contributed by atoms with E-state index in [4.69, 9.17) is 4.42 Å². The molecule has 0 bridgehead atoms. The Labute approximate surface area is 144 Å². The highest BCUT2D eigenvalue weighted by molar-refractivity contribution is 5.95. The Morgan fingerprint density at radius 2 is 2.04 bits per heavy atom. The van der Waals surface area contributed by atoms with E-state index in [9.17, 15) is 9.59 Å². The Morgan fingerprint density at radius 3 is 2.76 bits per heavy atom. The van der Waals surface area contributed by atoms with Crippen molar-refractivity contribution < 1.29 is 9.21 Å². The summed E-state index contributed by atoms with van der Waals surface area (Å²) in [6.07, 6.45) is 5.10. The van der Waals surface area contributed by atoms with E-state index in [0.717, 1.165) is 25.1 Å². The number of benzene rings is 1. The van der Waals surface area contributed by atoms with Crippen LogP contribution in [0.25, 0.3) is 10.9 Å². The fourth-order valence-electron chi connectivity index (χ4n) is 4.36. The SMILES string of the molecule is O=C(c1cc(=O)c2ccccc2[nH]1)N1CC2(CCC2)C1c1ccco1. The van der Waals surface area contributed by atoms with E-state index < -0.39 is 0 Å². The highest BCUT2D eigenvalue weighted by Gasteiger charge is 2.59. The van der Waals surface area contributed by atoms with Crippen LogP contribution in [0.15, 0.2) is 57.9 Å². The van der Waals surface area contributed by atoms with Gasteiger partial charge in [-0.25, -0.2) is 0 Å². The van der Waals surface area contributed by atoms with Crippen LogP contribution in [-0.2, 0) is 0 Å². The highest BCUT2D eigenvalue weighted by Crippen LogP contribution is 2.60. The molecule has 5 rings (SSSR count). The number of nitrogens with one attached hydrogen (secondary N) is 1. The molecule has 1 atom stereocenters. The molecular formula is C20H18N2O3. The molecule has 2 aromatic heterocycles. The van der Waals surface area contributed by atoms with Crippen molar-refractivity contribution >= 4 is 16.8 Å². The van der Waals surface area contributed by atoms with E-state index in [1.807, 2.05) is 35.2 Å². The maximum atomic E-state index is 13.1. The molecule has 1 aromatic carbocycles. The predicted octanol–water partition coefficient (Wildman–Crippen LogP) is 3.49. The van der Waals surface area contributed by atoms with Gasteiger partial charge >= 0.3 is 0 Å². The number of para-hydroxylation sites is 1. The molecule has 1 N–H and O–H groups in total. The van der Waals surface area contributed by atoms with E-state index in [1.54, 1.807) is 12.3 Å². The summed E-state index contributed by atoms with van der Waals surface area (Å²) in [5.41, 5.74) is 1.05. The van der Waals surface area contributed by atoms with Gasteiger partial charge in [-0.2, -0.15) is 0 Å². The topological polar surface area (TPSA) is 66.3 Å². The molecule has 3 heterocycles. The van der Waals surface area contributed by atoms with Crippen LogP contribution in [0.2, 0.25) is 0 Å². The zero-order valence-electron chi connectivity index (χ0n) is 13.7. The summed E-state index contributed by atoms with van der Waals surface area (Å²) in [6, 6.07) is 12.4. The second-order valence-electron chi connectivity index (χ2n) is 7.16. The Balaban J connectivity index is 1.53. The molecule has 1 aliphatic carbocycles. The monoisotopic (exact) mass is 334 g/mol. The maximum Gasteiger partial charge on any atom is 0.271 e. The number of nitrogens with zero attached hydrogens (tertiary/aromatic N) is 1. The summed E-state index contributed by atoms with van der Waals surface area (Å²) in [4.78, 5) is 30.4. The molecule has 5 nitrogen and oxygen atoms in total. The number of aromatic amines is 1. The number of rotatable bonds is 2. The van der Waals surface area contributed by atoms with Crippen molar-refractivity contribution in [3.8, 4) is 0 Å². The van der Waals surface area contributed by atoms with Crippen molar-refractivity contribution in [3.63, 3.8) is 0 Å². The van der Waals surface area contributed by atoms with Gasteiger partial charge in [-0.1, -0.05) is 18.6 Å². The smallest absolute Gasteiger partial charge is 0.271 e. The third-order valence-electron chi connectivity index (χ3n) is 5.77. The molecule has 1 saturated carbocycles. The van der Waals surface area contributed by atoms with Gasteiger partial charge in [0, 0.05) is 28.9 Å². The second-order valence-corrected chi connectivity index (χ2v) is 7.16. The van der Waals surface area contributed by atoms with Gasteiger partial charge < -0.3 is 14.3 Å². The molecule has 3 aromatic rings. The molecule has 2 aliphatic rings. The van der Waals surface area contributed by atoms with Gasteiger partial charge in [0.15, 0.2) is 5.43 Å². The minimum atomic E-state index is -0.137. The minimum Gasteiger partial charge on any atom is -0.467 e. The average Bonchev–Trinajstić information content (AvgIpc) is 3.06. The van der Waals surface area contributed by atoms with Crippen LogP contribution in [0.5, 0.6) is 0 Å². The standard InChI is InChI=1S/C20H18N2O3/c23-16-11-15(21-14-6-2-1-5-13(14)16)19(24)22-12-20(8-4-9-20)18(22)17-7-3-10-25-17/h1-3,5-7,10-11,18H,4,8-9,12H2,(H,21,23). The maximum absolute atomic E-state index is 13.1. The Morgan fingerprint density at radius 1 is 1.20 bits per heavy atom. The minimum absolute atomic E-state index is 0.0290. The number of aromatic nitrogens is 1. The molecule has 1 amide bonds. The molecule has 25 heavy (non-hydrogen) atoms. The van der Waals surface area contributed by atoms with Crippen molar-refractivity contribution in [2.24, 2.45) is 5.41 Å². The number of fused-ring (bicyclic) bond motifs is 1. The van der Waals surface area contributed by atoms with Gasteiger partial charge in [-0.3, -0.25) is 9.59 Å². The number of furan rings is 1. The Kier molecular flexibility index (Phi) is 2.95. The number of H-pyrrole nitrogens is 1. The zero-order valence-corrected chi connectivity index (χ0v) is 13.7. The van der Waals surface area contributed by atoms with E-state index in [2.05, 4.69) is 4.98 Å². The quantitative estimate of drug-likeness (QED) is 0.780. The summed E-state index contributed by atoms with van der Waals surface area (Å²) in [5, 5.41) is 0.598. The highest BCUT2D eigenvalue weighted by atomic mass is 16.3. The first kappa shape index (κ1) is 14.5. The molecule has 1 spiro atoms. The lowest BCUT2D eigenvalue weighted by Crippen LogP contribution is -2.63. The van der Waals surface area contributed by atoms with Gasteiger partial charge in [-0.15, -0.1) is 0 Å². The lowest BCUT2D eigenvalue weighted by molar-refractivity contribution is -0.113. The lowest BCUT2D eigenvalue weighted by Gasteiger charge is -2.61. The number of carbonyl (C=O) groups excluding carboxylic acids is 1. The second kappa shape index (κ2) is 5.09.